The lowest BCUT2D eigenvalue weighted by atomic mass is 10.1. The molecule has 0 bridgehead atoms. The highest BCUT2D eigenvalue weighted by Gasteiger charge is 2.45. The molecule has 1 heterocycles. The highest BCUT2D eigenvalue weighted by Crippen LogP contribution is 2.45. The minimum atomic E-state index is -2.98. The molecule has 3 rings (SSSR count). The van der Waals surface area contributed by atoms with Crippen molar-refractivity contribution in [1.29, 1.82) is 0 Å². The molecule has 1 aromatic carbocycles. The minimum Gasteiger partial charge on any atom is -0.356 e. The number of sulfone groups is 1. The fourth-order valence-corrected chi connectivity index (χ4v) is 5.02. The Hall–Kier alpha value is -1.62. The Labute approximate surface area is 190 Å². The normalized spacial score (nSPS) is 15.5. The van der Waals surface area contributed by atoms with Gasteiger partial charge < -0.3 is 10.6 Å². The molecule has 0 amide bonds. The van der Waals surface area contributed by atoms with Crippen molar-refractivity contribution in [3.63, 3.8) is 0 Å². The number of hydrogen-bond acceptors (Lipinski definition) is 4. The summed E-state index contributed by atoms with van der Waals surface area (Å²) in [5, 5.41) is 11.2. The first-order valence-electron chi connectivity index (χ1n) is 9.45. The van der Waals surface area contributed by atoms with Crippen molar-refractivity contribution in [2.45, 2.75) is 33.2 Å². The lowest BCUT2D eigenvalue weighted by molar-refractivity contribution is 0.529. The van der Waals surface area contributed by atoms with Crippen LogP contribution in [0.5, 0.6) is 0 Å². The van der Waals surface area contributed by atoms with Crippen LogP contribution in [0.1, 0.15) is 29.8 Å². The quantitative estimate of drug-likeness (QED) is 0.326. The molecule has 2 aromatic rings. The molecule has 0 spiro atoms. The second-order valence-electron chi connectivity index (χ2n) is 7.82. The maximum Gasteiger partial charge on any atom is 0.191 e. The summed E-state index contributed by atoms with van der Waals surface area (Å²) in [5.41, 5.74) is 4.07. The molecule has 0 saturated heterocycles. The summed E-state index contributed by atoms with van der Waals surface area (Å²) in [7, 11) is -1.26. The highest BCUT2D eigenvalue weighted by atomic mass is 127. The summed E-state index contributed by atoms with van der Waals surface area (Å²) >= 11 is 0. The molecule has 1 aliphatic carbocycles. The second kappa shape index (κ2) is 9.46. The van der Waals surface area contributed by atoms with Crippen LogP contribution in [0.2, 0.25) is 0 Å². The molecule has 1 saturated carbocycles. The maximum atomic E-state index is 11.6. The predicted octanol–water partition coefficient (Wildman–Crippen LogP) is 2.60. The standard InChI is InChI=1S/C20H29N5O2S.HI/c1-15-11-16(2)25(24-15)18-8-6-5-7-17(18)12-22-19(21-3)23-13-20(9-10-20)14-28(4,26)27;/h5-8,11H,9-10,12-14H2,1-4H3,(H2,21,22,23);1H. The van der Waals surface area contributed by atoms with E-state index in [0.29, 0.717) is 19.0 Å². The van der Waals surface area contributed by atoms with Crippen LogP contribution < -0.4 is 10.6 Å². The van der Waals surface area contributed by atoms with Gasteiger partial charge in [0.15, 0.2) is 5.96 Å². The summed E-state index contributed by atoms with van der Waals surface area (Å²) in [6.07, 6.45) is 3.17. The zero-order chi connectivity index (χ0) is 20.4. The second-order valence-corrected chi connectivity index (χ2v) is 9.96. The molecule has 0 unspecified atom stereocenters. The maximum absolute atomic E-state index is 11.6. The Kier molecular flexibility index (Phi) is 7.72. The van der Waals surface area contributed by atoms with E-state index in [1.54, 1.807) is 7.05 Å². The molecule has 2 N–H and O–H groups in total. The third-order valence-electron chi connectivity index (χ3n) is 5.06. The number of aromatic nitrogens is 2. The summed E-state index contributed by atoms with van der Waals surface area (Å²) < 4.78 is 25.2. The fraction of sp³-hybridized carbons (Fsp3) is 0.500. The van der Waals surface area contributed by atoms with Crippen molar-refractivity contribution in [1.82, 2.24) is 20.4 Å². The van der Waals surface area contributed by atoms with Crippen molar-refractivity contribution in [3.8, 4) is 5.69 Å². The molecule has 0 radical (unpaired) electrons. The van der Waals surface area contributed by atoms with Gasteiger partial charge in [0.1, 0.15) is 9.84 Å². The third kappa shape index (κ3) is 6.43. The summed E-state index contributed by atoms with van der Waals surface area (Å²) in [4.78, 5) is 4.28. The number of rotatable bonds is 7. The van der Waals surface area contributed by atoms with Crippen molar-refractivity contribution in [2.24, 2.45) is 10.4 Å². The van der Waals surface area contributed by atoms with E-state index in [2.05, 4.69) is 38.9 Å². The molecule has 160 valence electrons. The van der Waals surface area contributed by atoms with E-state index in [0.717, 1.165) is 35.5 Å². The van der Waals surface area contributed by atoms with Crippen molar-refractivity contribution < 1.29 is 8.42 Å². The largest absolute Gasteiger partial charge is 0.356 e. The molecule has 1 aliphatic rings. The number of halogens is 1. The van der Waals surface area contributed by atoms with Crippen LogP contribution in [0.4, 0.5) is 0 Å². The minimum absolute atomic E-state index is 0. The number of para-hydroxylation sites is 1. The lowest BCUT2D eigenvalue weighted by Crippen LogP contribution is -2.41. The van der Waals surface area contributed by atoms with Crippen molar-refractivity contribution >= 4 is 39.8 Å². The van der Waals surface area contributed by atoms with Gasteiger partial charge in [-0.25, -0.2) is 13.1 Å². The van der Waals surface area contributed by atoms with E-state index in [-0.39, 0.29) is 35.1 Å². The number of aryl methyl sites for hydroxylation is 2. The van der Waals surface area contributed by atoms with Crippen LogP contribution in [-0.4, -0.2) is 49.8 Å². The molecular weight excluding hydrogens is 501 g/mol. The van der Waals surface area contributed by atoms with Gasteiger partial charge in [0.25, 0.3) is 0 Å². The third-order valence-corrected chi connectivity index (χ3v) is 6.19. The first-order valence-corrected chi connectivity index (χ1v) is 11.5. The number of hydrogen-bond donors (Lipinski definition) is 2. The van der Waals surface area contributed by atoms with Crippen molar-refractivity contribution in [2.75, 3.05) is 25.6 Å². The molecule has 7 nitrogen and oxygen atoms in total. The number of aliphatic imine (C=N–C) groups is 1. The number of nitrogens with one attached hydrogen (secondary N) is 2. The zero-order valence-electron chi connectivity index (χ0n) is 17.4. The summed E-state index contributed by atoms with van der Waals surface area (Å²) in [6.45, 7) is 5.23. The average Bonchev–Trinajstić information content (AvgIpc) is 3.28. The smallest absolute Gasteiger partial charge is 0.191 e. The van der Waals surface area contributed by atoms with Gasteiger partial charge in [0.2, 0.25) is 0 Å². The first kappa shape index (κ1) is 23.7. The number of guanidine groups is 1. The van der Waals surface area contributed by atoms with Crippen LogP contribution in [0, 0.1) is 19.3 Å². The van der Waals surface area contributed by atoms with Gasteiger partial charge in [-0.15, -0.1) is 24.0 Å². The van der Waals surface area contributed by atoms with Crippen molar-refractivity contribution in [3.05, 3.63) is 47.3 Å². The number of benzene rings is 1. The van der Waals surface area contributed by atoms with E-state index in [1.165, 1.54) is 6.26 Å². The topological polar surface area (TPSA) is 88.4 Å². The molecule has 1 aromatic heterocycles. The Bertz CT molecular complexity index is 981. The predicted molar refractivity (Wildman–Crippen MR) is 128 cm³/mol. The molecule has 0 aliphatic heterocycles. The Morgan fingerprint density at radius 3 is 2.48 bits per heavy atom. The van der Waals surface area contributed by atoms with Crippen LogP contribution in [0.3, 0.4) is 0 Å². The van der Waals surface area contributed by atoms with Gasteiger partial charge in [0.05, 0.1) is 17.1 Å². The van der Waals surface area contributed by atoms with Crippen LogP contribution in [0.25, 0.3) is 5.69 Å². The molecular formula is C20H30IN5O2S. The van der Waals surface area contributed by atoms with Gasteiger partial charge in [0, 0.05) is 37.5 Å². The fourth-order valence-electron chi connectivity index (χ4n) is 3.52. The van der Waals surface area contributed by atoms with Gasteiger partial charge in [-0.05, 0) is 44.4 Å². The monoisotopic (exact) mass is 531 g/mol. The summed E-state index contributed by atoms with van der Waals surface area (Å²) in [6, 6.07) is 10.2. The molecule has 0 atom stereocenters. The SMILES string of the molecule is CN=C(NCc1ccccc1-n1nc(C)cc1C)NCC1(CS(C)(=O)=O)CC1.I. The average molecular weight is 531 g/mol. The van der Waals surface area contributed by atoms with Gasteiger partial charge >= 0.3 is 0 Å². The Morgan fingerprint density at radius 1 is 1.24 bits per heavy atom. The molecule has 29 heavy (non-hydrogen) atoms. The number of nitrogens with zero attached hydrogens (tertiary/aromatic N) is 3. The van der Waals surface area contributed by atoms with Gasteiger partial charge in [-0.3, -0.25) is 4.99 Å². The van der Waals surface area contributed by atoms with E-state index >= 15 is 0 Å². The Morgan fingerprint density at radius 2 is 1.93 bits per heavy atom. The lowest BCUT2D eigenvalue weighted by Gasteiger charge is -2.18. The van der Waals surface area contributed by atoms with Gasteiger partial charge in [-0.1, -0.05) is 18.2 Å². The molecule has 1 fully saturated rings. The van der Waals surface area contributed by atoms with E-state index in [4.69, 9.17) is 0 Å². The van der Waals surface area contributed by atoms with Crippen LogP contribution in [-0.2, 0) is 16.4 Å². The Balaban J connectivity index is 0.00000300. The summed E-state index contributed by atoms with van der Waals surface area (Å²) in [5.74, 6) is 0.896. The first-order chi connectivity index (χ1) is 13.2. The van der Waals surface area contributed by atoms with E-state index in [9.17, 15) is 8.42 Å². The zero-order valence-corrected chi connectivity index (χ0v) is 20.5. The molecule has 9 heteroatoms. The van der Waals surface area contributed by atoms with Gasteiger partial charge in [-0.2, -0.15) is 5.10 Å². The highest BCUT2D eigenvalue weighted by molar-refractivity contribution is 14.0. The van der Waals surface area contributed by atoms with Crippen LogP contribution >= 0.6 is 24.0 Å². The van der Waals surface area contributed by atoms with E-state index in [1.807, 2.05) is 30.7 Å². The van der Waals surface area contributed by atoms with Crippen LogP contribution in [0.15, 0.2) is 35.3 Å². The van der Waals surface area contributed by atoms with E-state index < -0.39 is 9.84 Å².